The molecule has 2 saturated heterocycles. The van der Waals surface area contributed by atoms with Crippen LogP contribution in [0.5, 0.6) is 0 Å². The molecular weight excluding hydrogens is 460 g/mol. The Morgan fingerprint density at radius 3 is 0.763 bits per heavy atom. The molecule has 0 unspecified atom stereocenters. The van der Waals surface area contributed by atoms with Crippen LogP contribution in [-0.2, 0) is 0 Å². The van der Waals surface area contributed by atoms with Crippen molar-refractivity contribution in [3.63, 3.8) is 0 Å². The lowest BCUT2D eigenvalue weighted by atomic mass is 10.1. The molecule has 0 amide bonds. The number of likely N-dealkylation sites (tertiary alicyclic amines) is 2. The van der Waals surface area contributed by atoms with Gasteiger partial charge in [-0.3, -0.25) is 0 Å². The minimum absolute atomic E-state index is 1.37. The molecule has 0 aromatic heterocycles. The van der Waals surface area contributed by atoms with Crippen molar-refractivity contribution in [3.05, 3.63) is 0 Å². The third-order valence-electron chi connectivity index (χ3n) is 9.97. The predicted octanol–water partition coefficient (Wildman–Crippen LogP) is 11.1. The van der Waals surface area contributed by atoms with E-state index in [9.17, 15) is 0 Å². The van der Waals surface area contributed by atoms with Gasteiger partial charge in [0.2, 0.25) is 0 Å². The molecule has 0 saturated carbocycles. The van der Waals surface area contributed by atoms with Crippen molar-refractivity contribution >= 4 is 0 Å². The van der Waals surface area contributed by atoms with Gasteiger partial charge in [0.05, 0.1) is 52.4 Å². The lowest BCUT2D eigenvalue weighted by molar-refractivity contribution is -0.917. The molecule has 2 heteroatoms. The van der Waals surface area contributed by atoms with Gasteiger partial charge in [0.25, 0.3) is 0 Å². The maximum absolute atomic E-state index is 2.32. The Morgan fingerprint density at radius 1 is 0.289 bits per heavy atom. The maximum atomic E-state index is 2.32. The van der Waals surface area contributed by atoms with Crippen molar-refractivity contribution in [1.82, 2.24) is 0 Å². The van der Waals surface area contributed by atoms with E-state index in [4.69, 9.17) is 0 Å². The predicted molar refractivity (Wildman–Crippen MR) is 173 cm³/mol. The van der Waals surface area contributed by atoms with Crippen LogP contribution in [0.1, 0.15) is 182 Å². The summed E-state index contributed by atoms with van der Waals surface area (Å²) in [6, 6.07) is 0. The zero-order chi connectivity index (χ0) is 27.6. The first-order chi connectivity index (χ1) is 18.7. The summed E-state index contributed by atoms with van der Waals surface area (Å²) in [6.45, 7) is 21.1. The molecule has 0 N–H and O–H groups in total. The summed E-state index contributed by atoms with van der Waals surface area (Å²) in [7, 11) is 0. The lowest BCUT2D eigenvalue weighted by Gasteiger charge is -2.34. The van der Waals surface area contributed by atoms with E-state index in [1.165, 1.54) is 215 Å². The monoisotopic (exact) mass is 537 g/mol. The fraction of sp³-hybridized carbons (Fsp3) is 1.00. The van der Waals surface area contributed by atoms with Gasteiger partial charge >= 0.3 is 0 Å². The number of rotatable bonds is 24. The molecule has 38 heavy (non-hydrogen) atoms. The fourth-order valence-electron chi connectivity index (χ4n) is 7.33. The average molecular weight is 537 g/mol. The van der Waals surface area contributed by atoms with Gasteiger partial charge in [-0.25, -0.2) is 0 Å². The van der Waals surface area contributed by atoms with Crippen LogP contribution in [0.2, 0.25) is 0 Å². The van der Waals surface area contributed by atoms with E-state index in [0.29, 0.717) is 0 Å². The second kappa shape index (κ2) is 24.7. The summed E-state index contributed by atoms with van der Waals surface area (Å²) >= 11 is 0. The highest BCUT2D eigenvalue weighted by atomic mass is 15.4. The van der Waals surface area contributed by atoms with E-state index < -0.39 is 0 Å². The van der Waals surface area contributed by atoms with Crippen LogP contribution in [0.3, 0.4) is 0 Å². The lowest BCUT2D eigenvalue weighted by Crippen LogP contribution is -2.46. The number of unbranched alkanes of at least 4 members (excludes halogenated alkanes) is 16. The summed E-state index contributed by atoms with van der Waals surface area (Å²) in [6.07, 6.45) is 34.9. The van der Waals surface area contributed by atoms with Crippen molar-refractivity contribution in [2.24, 2.45) is 0 Å². The van der Waals surface area contributed by atoms with Crippen LogP contribution in [0.4, 0.5) is 0 Å². The van der Waals surface area contributed by atoms with Gasteiger partial charge < -0.3 is 8.97 Å². The molecule has 0 radical (unpaired) electrons. The summed E-state index contributed by atoms with van der Waals surface area (Å²) in [5, 5.41) is 0. The highest BCUT2D eigenvalue weighted by molar-refractivity contribution is 4.58. The molecule has 0 aromatic carbocycles. The molecule has 2 rings (SSSR count). The standard InChI is InChI=1S/C20H42N.C16H34N/c1-3-5-7-9-10-11-12-14-18-21(19-15-16-20-21)17-13-8-6-4-2;1-3-5-7-9-13-17(15-11-12-16-17)14-10-8-6-4-2/h3-20H2,1-2H3;3-16H2,1-2H3/q2*+1. The molecule has 2 aliphatic heterocycles. The van der Waals surface area contributed by atoms with Gasteiger partial charge in [-0.15, -0.1) is 0 Å². The molecule has 2 heterocycles. The molecular formula is C36H76N2+2. The van der Waals surface area contributed by atoms with Crippen LogP contribution >= 0.6 is 0 Å². The molecule has 0 atom stereocenters. The summed E-state index contributed by atoms with van der Waals surface area (Å²) < 4.78 is 2.97. The van der Waals surface area contributed by atoms with E-state index in [1.807, 2.05) is 0 Å². The van der Waals surface area contributed by atoms with Gasteiger partial charge in [0, 0.05) is 25.7 Å². The van der Waals surface area contributed by atoms with Crippen molar-refractivity contribution in [3.8, 4) is 0 Å². The van der Waals surface area contributed by atoms with Gasteiger partial charge in [-0.1, -0.05) is 105 Å². The molecule has 2 nitrogen and oxygen atoms in total. The SMILES string of the molecule is CCCCCCCCCC[N+]1(CCCCCC)CCCC1.CCCCCC[N+]1(CCCCCC)CCCC1. The van der Waals surface area contributed by atoms with E-state index in [-0.39, 0.29) is 0 Å². The van der Waals surface area contributed by atoms with Crippen molar-refractivity contribution < 1.29 is 8.97 Å². The molecule has 0 bridgehead atoms. The number of hydrogen-bond acceptors (Lipinski definition) is 0. The maximum Gasteiger partial charge on any atom is 0.0788 e. The Balaban J connectivity index is 0.000000389. The number of hydrogen-bond donors (Lipinski definition) is 0. The largest absolute Gasteiger partial charge is 0.324 e. The Hall–Kier alpha value is -0.0800. The number of nitrogens with zero attached hydrogens (tertiary/aromatic N) is 2. The molecule has 2 fully saturated rings. The van der Waals surface area contributed by atoms with Crippen LogP contribution in [-0.4, -0.2) is 61.3 Å². The zero-order valence-electron chi connectivity index (χ0n) is 27.5. The average Bonchev–Trinajstić information content (AvgIpc) is 3.60. The van der Waals surface area contributed by atoms with E-state index >= 15 is 0 Å². The molecule has 0 spiro atoms. The highest BCUT2D eigenvalue weighted by Gasteiger charge is 2.31. The first kappa shape index (κ1) is 35.9. The van der Waals surface area contributed by atoms with Crippen LogP contribution < -0.4 is 0 Å². The normalized spacial score (nSPS) is 18.0. The van der Waals surface area contributed by atoms with Crippen molar-refractivity contribution in [2.75, 3.05) is 52.4 Å². The van der Waals surface area contributed by atoms with Gasteiger partial charge in [0.1, 0.15) is 0 Å². The molecule has 0 aliphatic carbocycles. The van der Waals surface area contributed by atoms with E-state index in [0.717, 1.165) is 0 Å². The van der Waals surface area contributed by atoms with Gasteiger partial charge in [-0.05, 0) is 51.4 Å². The van der Waals surface area contributed by atoms with Gasteiger partial charge in [-0.2, -0.15) is 0 Å². The topological polar surface area (TPSA) is 0 Å². The van der Waals surface area contributed by atoms with Crippen LogP contribution in [0.25, 0.3) is 0 Å². The second-order valence-corrected chi connectivity index (χ2v) is 13.5. The van der Waals surface area contributed by atoms with E-state index in [1.54, 1.807) is 0 Å². The number of quaternary nitrogens is 2. The third-order valence-corrected chi connectivity index (χ3v) is 9.97. The molecule has 228 valence electrons. The van der Waals surface area contributed by atoms with E-state index in [2.05, 4.69) is 27.7 Å². The smallest absolute Gasteiger partial charge is 0.0788 e. The first-order valence-corrected chi connectivity index (χ1v) is 18.4. The van der Waals surface area contributed by atoms with Crippen molar-refractivity contribution in [1.29, 1.82) is 0 Å². The summed E-state index contributed by atoms with van der Waals surface area (Å²) in [5.41, 5.74) is 0. The van der Waals surface area contributed by atoms with Crippen LogP contribution in [0, 0.1) is 0 Å². The Morgan fingerprint density at radius 2 is 0.500 bits per heavy atom. The fourth-order valence-corrected chi connectivity index (χ4v) is 7.33. The Kier molecular flexibility index (Phi) is 23.4. The molecule has 2 aliphatic rings. The summed E-state index contributed by atoms with van der Waals surface area (Å²) in [5.74, 6) is 0. The Bertz CT molecular complexity index is 462. The summed E-state index contributed by atoms with van der Waals surface area (Å²) in [4.78, 5) is 0. The minimum Gasteiger partial charge on any atom is -0.324 e. The first-order valence-electron chi connectivity index (χ1n) is 18.4. The van der Waals surface area contributed by atoms with Crippen molar-refractivity contribution in [2.45, 2.75) is 182 Å². The zero-order valence-corrected chi connectivity index (χ0v) is 27.5. The van der Waals surface area contributed by atoms with Gasteiger partial charge in [0.15, 0.2) is 0 Å². The quantitative estimate of drug-likeness (QED) is 0.0849. The minimum atomic E-state index is 1.37. The second-order valence-electron chi connectivity index (χ2n) is 13.5. The Labute approximate surface area is 242 Å². The molecule has 0 aromatic rings. The van der Waals surface area contributed by atoms with Crippen LogP contribution in [0.15, 0.2) is 0 Å². The third kappa shape index (κ3) is 17.6. The highest BCUT2D eigenvalue weighted by Crippen LogP contribution is 2.24.